The summed E-state index contributed by atoms with van der Waals surface area (Å²) in [5.74, 6) is 0.918. The molecule has 96 valence electrons. The average Bonchev–Trinajstić information content (AvgIpc) is 2.81. The van der Waals surface area contributed by atoms with Gasteiger partial charge in [-0.2, -0.15) is 0 Å². The molecule has 4 heteroatoms. The molecule has 2 aromatic rings. The monoisotopic (exact) mass is 281 g/mol. The quantitative estimate of drug-likeness (QED) is 0.884. The van der Waals surface area contributed by atoms with Crippen molar-refractivity contribution < 1.29 is 4.74 Å². The summed E-state index contributed by atoms with van der Waals surface area (Å²) in [5, 5.41) is 3.48. The molecule has 0 aliphatic heterocycles. The second-order valence-corrected chi connectivity index (χ2v) is 5.85. The highest BCUT2D eigenvalue weighted by molar-refractivity contribution is 7.16. The van der Waals surface area contributed by atoms with Crippen molar-refractivity contribution in [3.63, 3.8) is 0 Å². The van der Waals surface area contributed by atoms with Crippen LogP contribution in [0.3, 0.4) is 0 Å². The summed E-state index contributed by atoms with van der Waals surface area (Å²) >= 11 is 7.52. The zero-order valence-corrected chi connectivity index (χ0v) is 12.0. The number of thiophene rings is 1. The molecule has 0 radical (unpaired) electrons. The summed E-state index contributed by atoms with van der Waals surface area (Å²) in [6.45, 7) is 2.95. The molecule has 0 unspecified atom stereocenters. The molecular formula is C14H16ClNOS. The van der Waals surface area contributed by atoms with E-state index in [4.69, 9.17) is 16.3 Å². The van der Waals surface area contributed by atoms with Crippen molar-refractivity contribution in [2.75, 3.05) is 7.11 Å². The van der Waals surface area contributed by atoms with E-state index in [0.717, 1.165) is 16.6 Å². The molecule has 1 aromatic heterocycles. The molecule has 0 saturated carbocycles. The minimum absolute atomic E-state index is 0.238. The van der Waals surface area contributed by atoms with E-state index in [2.05, 4.69) is 24.4 Å². The molecule has 0 fully saturated rings. The first kappa shape index (κ1) is 13.4. The first-order valence-corrected chi connectivity index (χ1v) is 7.00. The van der Waals surface area contributed by atoms with Crippen LogP contribution in [0.5, 0.6) is 5.75 Å². The first-order chi connectivity index (χ1) is 8.70. The molecule has 1 aromatic carbocycles. The number of ether oxygens (including phenoxy) is 1. The third-order valence-electron chi connectivity index (χ3n) is 2.82. The van der Waals surface area contributed by atoms with Gasteiger partial charge in [0.1, 0.15) is 5.75 Å². The van der Waals surface area contributed by atoms with Crippen molar-refractivity contribution >= 4 is 22.9 Å². The number of halogens is 1. The molecule has 1 atom stereocenters. The average molecular weight is 282 g/mol. The predicted molar refractivity (Wildman–Crippen MR) is 77.6 cm³/mol. The molecule has 18 heavy (non-hydrogen) atoms. The Labute approximate surface area is 117 Å². The normalized spacial score (nSPS) is 12.4. The van der Waals surface area contributed by atoms with E-state index in [1.54, 1.807) is 18.4 Å². The Bertz CT molecular complexity index is 512. The number of methoxy groups -OCH3 is 1. The fraction of sp³-hybridized carbons (Fsp3) is 0.286. The topological polar surface area (TPSA) is 21.3 Å². The Hall–Kier alpha value is -1.03. The maximum Gasteiger partial charge on any atom is 0.123 e. The first-order valence-electron chi connectivity index (χ1n) is 5.81. The summed E-state index contributed by atoms with van der Waals surface area (Å²) in [4.78, 5) is 1.24. The smallest absolute Gasteiger partial charge is 0.123 e. The van der Waals surface area contributed by atoms with Gasteiger partial charge in [0.15, 0.2) is 0 Å². The highest BCUT2D eigenvalue weighted by Crippen LogP contribution is 2.26. The van der Waals surface area contributed by atoms with E-state index in [1.165, 1.54) is 10.4 Å². The molecule has 2 rings (SSSR count). The molecular weight excluding hydrogens is 266 g/mol. The van der Waals surface area contributed by atoms with Gasteiger partial charge in [-0.15, -0.1) is 11.3 Å². The lowest BCUT2D eigenvalue weighted by atomic mass is 10.1. The van der Waals surface area contributed by atoms with Crippen LogP contribution in [0.25, 0.3) is 0 Å². The number of para-hydroxylation sites is 1. The Kier molecular flexibility index (Phi) is 4.64. The van der Waals surface area contributed by atoms with Crippen LogP contribution in [-0.2, 0) is 6.54 Å². The predicted octanol–water partition coefficient (Wildman–Crippen LogP) is 4.26. The van der Waals surface area contributed by atoms with Crippen LogP contribution in [0, 0.1) is 0 Å². The number of nitrogens with one attached hydrogen (secondary N) is 1. The number of rotatable bonds is 5. The fourth-order valence-corrected chi connectivity index (χ4v) is 2.87. The van der Waals surface area contributed by atoms with Crippen LogP contribution < -0.4 is 10.1 Å². The van der Waals surface area contributed by atoms with Gasteiger partial charge in [-0.3, -0.25) is 0 Å². The highest BCUT2D eigenvalue weighted by atomic mass is 35.5. The third kappa shape index (κ3) is 3.25. The van der Waals surface area contributed by atoms with E-state index in [-0.39, 0.29) is 6.04 Å². The summed E-state index contributed by atoms with van der Waals surface area (Å²) in [6.07, 6.45) is 0. The molecule has 0 bridgehead atoms. The van der Waals surface area contributed by atoms with Gasteiger partial charge in [-0.25, -0.2) is 0 Å². The molecule has 0 aliphatic rings. The van der Waals surface area contributed by atoms with Gasteiger partial charge in [-0.05, 0) is 25.1 Å². The van der Waals surface area contributed by atoms with Crippen molar-refractivity contribution in [2.45, 2.75) is 19.5 Å². The maximum atomic E-state index is 5.91. The number of benzene rings is 1. The van der Waals surface area contributed by atoms with Crippen molar-refractivity contribution in [2.24, 2.45) is 0 Å². The van der Waals surface area contributed by atoms with Gasteiger partial charge in [0, 0.05) is 23.0 Å². The number of hydrogen-bond donors (Lipinski definition) is 1. The van der Waals surface area contributed by atoms with E-state index in [9.17, 15) is 0 Å². The standard InChI is InChI=1S/C14H16ClNOS/c1-10(12-5-3-4-6-13(12)17-2)16-9-11-7-8-14(15)18-11/h3-8,10,16H,9H2,1-2H3/t10-/m1/s1. The van der Waals surface area contributed by atoms with Gasteiger partial charge < -0.3 is 10.1 Å². The Morgan fingerprint density at radius 3 is 2.72 bits per heavy atom. The number of hydrogen-bond acceptors (Lipinski definition) is 3. The molecule has 1 N–H and O–H groups in total. The summed E-state index contributed by atoms with van der Waals surface area (Å²) in [6, 6.07) is 12.3. The SMILES string of the molecule is COc1ccccc1[C@@H](C)NCc1ccc(Cl)s1. The molecule has 0 aliphatic carbocycles. The minimum atomic E-state index is 0.238. The van der Waals surface area contributed by atoms with Crippen LogP contribution in [0.4, 0.5) is 0 Å². The zero-order chi connectivity index (χ0) is 13.0. The van der Waals surface area contributed by atoms with Gasteiger partial charge >= 0.3 is 0 Å². The second-order valence-electron chi connectivity index (χ2n) is 4.05. The van der Waals surface area contributed by atoms with E-state index in [1.807, 2.05) is 24.3 Å². The van der Waals surface area contributed by atoms with Gasteiger partial charge in [0.2, 0.25) is 0 Å². The maximum absolute atomic E-state index is 5.91. The van der Waals surface area contributed by atoms with E-state index in [0.29, 0.717) is 0 Å². The van der Waals surface area contributed by atoms with Crippen LogP contribution in [0.15, 0.2) is 36.4 Å². The van der Waals surface area contributed by atoms with Gasteiger partial charge in [0.05, 0.1) is 11.4 Å². The van der Waals surface area contributed by atoms with Crippen LogP contribution >= 0.6 is 22.9 Å². The second kappa shape index (κ2) is 6.23. The molecule has 0 amide bonds. The summed E-state index contributed by atoms with van der Waals surface area (Å²) < 4.78 is 6.19. The largest absolute Gasteiger partial charge is 0.496 e. The van der Waals surface area contributed by atoms with Gasteiger partial charge in [-0.1, -0.05) is 29.8 Å². The molecule has 0 saturated heterocycles. The van der Waals surface area contributed by atoms with E-state index >= 15 is 0 Å². The van der Waals surface area contributed by atoms with Crippen molar-refractivity contribution in [3.05, 3.63) is 51.2 Å². The molecule has 1 heterocycles. The molecule has 2 nitrogen and oxygen atoms in total. The minimum Gasteiger partial charge on any atom is -0.496 e. The Balaban J connectivity index is 2.01. The Morgan fingerprint density at radius 2 is 2.06 bits per heavy atom. The van der Waals surface area contributed by atoms with Crippen molar-refractivity contribution in [3.8, 4) is 5.75 Å². The third-order valence-corrected chi connectivity index (χ3v) is 4.05. The fourth-order valence-electron chi connectivity index (χ4n) is 1.83. The lowest BCUT2D eigenvalue weighted by Crippen LogP contribution is -2.18. The van der Waals surface area contributed by atoms with Crippen molar-refractivity contribution in [1.82, 2.24) is 5.32 Å². The lowest BCUT2D eigenvalue weighted by Gasteiger charge is -2.16. The van der Waals surface area contributed by atoms with Gasteiger partial charge in [0.25, 0.3) is 0 Å². The van der Waals surface area contributed by atoms with Crippen LogP contribution in [-0.4, -0.2) is 7.11 Å². The molecule has 0 spiro atoms. The lowest BCUT2D eigenvalue weighted by molar-refractivity contribution is 0.401. The Morgan fingerprint density at radius 1 is 1.28 bits per heavy atom. The summed E-state index contributed by atoms with van der Waals surface area (Å²) in [5.41, 5.74) is 1.17. The van der Waals surface area contributed by atoms with Crippen LogP contribution in [0.1, 0.15) is 23.4 Å². The highest BCUT2D eigenvalue weighted by Gasteiger charge is 2.10. The van der Waals surface area contributed by atoms with Crippen molar-refractivity contribution in [1.29, 1.82) is 0 Å². The van der Waals surface area contributed by atoms with Crippen LogP contribution in [0.2, 0.25) is 4.34 Å². The van der Waals surface area contributed by atoms with E-state index < -0.39 is 0 Å². The summed E-state index contributed by atoms with van der Waals surface area (Å²) in [7, 11) is 1.70. The zero-order valence-electron chi connectivity index (χ0n) is 10.4.